The van der Waals surface area contributed by atoms with Crippen LogP contribution in [0.15, 0.2) is 47.7 Å². The molecular weight excluding hydrogens is 350 g/mol. The number of fused-ring (bicyclic) bond motifs is 1. The highest BCUT2D eigenvalue weighted by Crippen LogP contribution is 2.27. The van der Waals surface area contributed by atoms with Crippen LogP contribution in [0.25, 0.3) is 11.0 Å². The first kappa shape index (κ1) is 18.8. The molecule has 0 amide bonds. The van der Waals surface area contributed by atoms with Crippen molar-refractivity contribution in [2.45, 2.75) is 19.3 Å². The van der Waals surface area contributed by atoms with Crippen molar-refractivity contribution in [3.63, 3.8) is 0 Å². The molecule has 3 rings (SSSR count). The number of benzene rings is 1. The number of aliphatic hydroxyl groups is 1. The van der Waals surface area contributed by atoms with Crippen LogP contribution in [0.5, 0.6) is 11.5 Å². The van der Waals surface area contributed by atoms with Gasteiger partial charge in [-0.15, -0.1) is 0 Å². The quantitative estimate of drug-likeness (QED) is 0.639. The number of aliphatic hydroxyl groups excluding tert-OH is 1. The molecule has 0 fully saturated rings. The van der Waals surface area contributed by atoms with Gasteiger partial charge in [-0.25, -0.2) is 9.97 Å². The van der Waals surface area contributed by atoms with Crippen LogP contribution in [-0.2, 0) is 17.9 Å². The van der Waals surface area contributed by atoms with Crippen molar-refractivity contribution in [2.24, 2.45) is 0 Å². The van der Waals surface area contributed by atoms with E-state index in [1.54, 1.807) is 38.6 Å². The molecule has 142 valence electrons. The summed E-state index contributed by atoms with van der Waals surface area (Å²) in [4.78, 5) is 20.6. The van der Waals surface area contributed by atoms with Crippen LogP contribution in [0.2, 0.25) is 0 Å². The Bertz CT molecular complexity index is 973. The molecule has 0 spiro atoms. The van der Waals surface area contributed by atoms with Gasteiger partial charge in [0.1, 0.15) is 6.33 Å². The molecule has 8 nitrogen and oxygen atoms in total. The van der Waals surface area contributed by atoms with Gasteiger partial charge >= 0.3 is 0 Å². The summed E-state index contributed by atoms with van der Waals surface area (Å²) >= 11 is 0. The molecule has 3 aromatic rings. The summed E-state index contributed by atoms with van der Waals surface area (Å²) in [6, 6.07) is 8.81. The Balaban J connectivity index is 1.58. The number of pyridine rings is 1. The Labute approximate surface area is 156 Å². The van der Waals surface area contributed by atoms with E-state index in [4.69, 9.17) is 14.2 Å². The second-order valence-electron chi connectivity index (χ2n) is 5.93. The van der Waals surface area contributed by atoms with Gasteiger partial charge < -0.3 is 19.3 Å². The molecule has 27 heavy (non-hydrogen) atoms. The molecule has 0 saturated carbocycles. The number of hydrogen-bond acceptors (Lipinski definition) is 7. The zero-order chi connectivity index (χ0) is 19.2. The molecule has 2 heterocycles. The predicted octanol–water partition coefficient (Wildman–Crippen LogP) is 1.39. The van der Waals surface area contributed by atoms with Crippen LogP contribution in [-0.4, -0.2) is 46.6 Å². The lowest BCUT2D eigenvalue weighted by Gasteiger charge is -2.14. The highest BCUT2D eigenvalue weighted by atomic mass is 16.5. The van der Waals surface area contributed by atoms with Gasteiger partial charge in [0.15, 0.2) is 17.1 Å². The van der Waals surface area contributed by atoms with Crippen LogP contribution < -0.4 is 15.0 Å². The monoisotopic (exact) mass is 371 g/mol. The van der Waals surface area contributed by atoms with Crippen molar-refractivity contribution in [3.05, 3.63) is 58.8 Å². The Morgan fingerprint density at radius 3 is 2.74 bits per heavy atom. The molecule has 1 aromatic carbocycles. The highest BCUT2D eigenvalue weighted by Gasteiger charge is 2.11. The summed E-state index contributed by atoms with van der Waals surface area (Å²) in [6.45, 7) is 0.459. The van der Waals surface area contributed by atoms with E-state index in [1.165, 1.54) is 10.9 Å². The Hall–Kier alpha value is -2.97. The number of aromatic nitrogens is 3. The SMILES string of the molecule is COc1ccc(COC[C@@H](O)Cn2cnc3ncccc3c2=O)cc1OC. The number of methoxy groups -OCH3 is 2. The molecule has 0 aliphatic carbocycles. The second-order valence-corrected chi connectivity index (χ2v) is 5.93. The molecule has 0 aliphatic rings. The molecule has 0 aliphatic heterocycles. The predicted molar refractivity (Wildman–Crippen MR) is 99.0 cm³/mol. The maximum absolute atomic E-state index is 12.4. The first-order valence-electron chi connectivity index (χ1n) is 8.39. The van der Waals surface area contributed by atoms with Gasteiger partial charge in [-0.1, -0.05) is 6.07 Å². The van der Waals surface area contributed by atoms with Crippen molar-refractivity contribution in [3.8, 4) is 11.5 Å². The van der Waals surface area contributed by atoms with E-state index >= 15 is 0 Å². The van der Waals surface area contributed by atoms with Crippen LogP contribution in [0.1, 0.15) is 5.56 Å². The third-order valence-corrected chi connectivity index (χ3v) is 4.03. The summed E-state index contributed by atoms with van der Waals surface area (Å²) in [7, 11) is 3.14. The lowest BCUT2D eigenvalue weighted by molar-refractivity contribution is 0.0198. The molecule has 1 atom stereocenters. The maximum atomic E-state index is 12.4. The third kappa shape index (κ3) is 4.42. The van der Waals surface area contributed by atoms with E-state index in [1.807, 2.05) is 12.1 Å². The zero-order valence-electron chi connectivity index (χ0n) is 15.2. The zero-order valence-corrected chi connectivity index (χ0v) is 15.2. The number of ether oxygens (including phenoxy) is 3. The van der Waals surface area contributed by atoms with E-state index < -0.39 is 6.10 Å². The average molecular weight is 371 g/mol. The van der Waals surface area contributed by atoms with Crippen LogP contribution in [0.3, 0.4) is 0 Å². The Kier molecular flexibility index (Phi) is 6.00. The van der Waals surface area contributed by atoms with Gasteiger partial charge in [0.25, 0.3) is 5.56 Å². The van der Waals surface area contributed by atoms with E-state index in [9.17, 15) is 9.90 Å². The number of hydrogen-bond donors (Lipinski definition) is 1. The molecule has 1 N–H and O–H groups in total. The van der Waals surface area contributed by atoms with Gasteiger partial charge in [0.2, 0.25) is 0 Å². The van der Waals surface area contributed by atoms with Crippen molar-refractivity contribution in [2.75, 3.05) is 20.8 Å². The Morgan fingerprint density at radius 2 is 1.96 bits per heavy atom. The topological polar surface area (TPSA) is 95.7 Å². The van der Waals surface area contributed by atoms with Gasteiger partial charge in [-0.05, 0) is 29.8 Å². The van der Waals surface area contributed by atoms with Crippen molar-refractivity contribution >= 4 is 11.0 Å². The normalized spacial score (nSPS) is 12.1. The first-order chi connectivity index (χ1) is 13.1. The maximum Gasteiger partial charge on any atom is 0.262 e. The summed E-state index contributed by atoms with van der Waals surface area (Å²) in [5, 5.41) is 10.6. The molecule has 0 radical (unpaired) electrons. The lowest BCUT2D eigenvalue weighted by atomic mass is 10.2. The molecule has 8 heteroatoms. The number of nitrogens with zero attached hydrogens (tertiary/aromatic N) is 3. The van der Waals surface area contributed by atoms with Crippen LogP contribution in [0, 0.1) is 0 Å². The van der Waals surface area contributed by atoms with Gasteiger partial charge in [0, 0.05) is 6.20 Å². The minimum absolute atomic E-state index is 0.0753. The van der Waals surface area contributed by atoms with E-state index in [2.05, 4.69) is 9.97 Å². The van der Waals surface area contributed by atoms with E-state index in [0.29, 0.717) is 29.1 Å². The largest absolute Gasteiger partial charge is 0.493 e. The standard InChI is InChI=1S/C19H21N3O5/c1-25-16-6-5-13(8-17(16)26-2)10-27-11-14(23)9-22-12-21-18-15(19(22)24)4-3-7-20-18/h3-8,12,14,23H,9-11H2,1-2H3/t14-/m0/s1. The molecular formula is C19H21N3O5. The first-order valence-corrected chi connectivity index (χ1v) is 8.39. The smallest absolute Gasteiger partial charge is 0.262 e. The minimum Gasteiger partial charge on any atom is -0.493 e. The third-order valence-electron chi connectivity index (χ3n) is 4.03. The molecule has 0 saturated heterocycles. The second kappa shape index (κ2) is 8.61. The van der Waals surface area contributed by atoms with Crippen molar-refractivity contribution < 1.29 is 19.3 Å². The van der Waals surface area contributed by atoms with E-state index in [-0.39, 0.29) is 18.7 Å². The molecule has 0 unspecified atom stereocenters. The van der Waals surface area contributed by atoms with Crippen molar-refractivity contribution in [1.29, 1.82) is 0 Å². The molecule has 0 bridgehead atoms. The van der Waals surface area contributed by atoms with E-state index in [0.717, 1.165) is 5.56 Å². The fourth-order valence-electron chi connectivity index (χ4n) is 2.69. The minimum atomic E-state index is -0.848. The lowest BCUT2D eigenvalue weighted by Crippen LogP contribution is -2.29. The van der Waals surface area contributed by atoms with Crippen LogP contribution in [0.4, 0.5) is 0 Å². The fraction of sp³-hybridized carbons (Fsp3) is 0.316. The summed E-state index contributed by atoms with van der Waals surface area (Å²) in [6.07, 6.45) is 2.12. The van der Waals surface area contributed by atoms with Crippen LogP contribution >= 0.6 is 0 Å². The fourth-order valence-corrected chi connectivity index (χ4v) is 2.69. The summed E-state index contributed by atoms with van der Waals surface area (Å²) in [5.74, 6) is 1.25. The summed E-state index contributed by atoms with van der Waals surface area (Å²) in [5.41, 5.74) is 1.03. The Morgan fingerprint density at radius 1 is 1.15 bits per heavy atom. The van der Waals surface area contributed by atoms with Gasteiger partial charge in [-0.3, -0.25) is 9.36 Å². The van der Waals surface area contributed by atoms with Gasteiger partial charge in [-0.2, -0.15) is 0 Å². The molecule has 2 aromatic heterocycles. The highest BCUT2D eigenvalue weighted by molar-refractivity contribution is 5.72. The van der Waals surface area contributed by atoms with Crippen molar-refractivity contribution in [1.82, 2.24) is 14.5 Å². The number of rotatable bonds is 8. The average Bonchev–Trinajstić information content (AvgIpc) is 2.70. The van der Waals surface area contributed by atoms with Gasteiger partial charge in [0.05, 0.1) is 45.5 Å². The summed E-state index contributed by atoms with van der Waals surface area (Å²) < 4.78 is 17.4.